The van der Waals surface area contributed by atoms with Crippen LogP contribution in [0, 0.1) is 0 Å². The normalized spacial score (nSPS) is 11.8. The molecule has 114 valence electrons. The summed E-state index contributed by atoms with van der Waals surface area (Å²) in [5, 5.41) is 7.02. The van der Waals surface area contributed by atoms with Gasteiger partial charge in [-0.15, -0.1) is 16.7 Å². The van der Waals surface area contributed by atoms with Crippen molar-refractivity contribution in [2.75, 3.05) is 12.4 Å². The molecular weight excluding hydrogens is 306 g/mol. The summed E-state index contributed by atoms with van der Waals surface area (Å²) in [5.41, 5.74) is 0.396. The lowest BCUT2D eigenvalue weighted by atomic mass is 10.3. The number of carbonyl (C=O) groups is 1. The molecule has 0 saturated heterocycles. The first kappa shape index (κ1) is 16.9. The first-order valence-corrected chi connectivity index (χ1v) is 8.45. The van der Waals surface area contributed by atoms with E-state index in [2.05, 4.69) is 10.3 Å². The quantitative estimate of drug-likeness (QED) is 0.549. The Hall–Kier alpha value is -1.15. The Labute approximate surface area is 123 Å². The Morgan fingerprint density at radius 2 is 2.10 bits per heavy atom. The molecule has 0 bridgehead atoms. The molecule has 0 unspecified atom stereocenters. The van der Waals surface area contributed by atoms with Crippen molar-refractivity contribution in [2.45, 2.75) is 38.4 Å². The van der Waals surface area contributed by atoms with Gasteiger partial charge in [0.05, 0.1) is 35.7 Å². The minimum absolute atomic E-state index is 0.00285. The number of carbonyl (C=O) groups excluding carboxylic acids is 1. The summed E-state index contributed by atoms with van der Waals surface area (Å²) in [5.74, 6) is -0.690. The van der Waals surface area contributed by atoms with Crippen LogP contribution in [-0.4, -0.2) is 47.0 Å². The van der Waals surface area contributed by atoms with Gasteiger partial charge in [-0.3, -0.25) is 0 Å². The smallest absolute Gasteiger partial charge is 0.360 e. The Bertz CT molecular complexity index is 568. The third-order valence-corrected chi connectivity index (χ3v) is 5.18. The van der Waals surface area contributed by atoms with E-state index >= 15 is 0 Å². The maximum Gasteiger partial charge on any atom is 0.360 e. The van der Waals surface area contributed by atoms with Gasteiger partial charge < -0.3 is 4.74 Å². The van der Waals surface area contributed by atoms with E-state index in [1.807, 2.05) is 0 Å². The number of aromatic nitrogens is 3. The van der Waals surface area contributed by atoms with Gasteiger partial charge >= 0.3 is 5.97 Å². The predicted molar refractivity (Wildman–Crippen MR) is 74.5 cm³/mol. The van der Waals surface area contributed by atoms with Gasteiger partial charge in [0.1, 0.15) is 0 Å². The minimum atomic E-state index is -3.19. The highest BCUT2D eigenvalue weighted by Crippen LogP contribution is 2.11. The number of alkyl halides is 1. The number of esters is 1. The molecule has 0 spiro atoms. The third kappa shape index (κ3) is 3.92. The van der Waals surface area contributed by atoms with Crippen LogP contribution in [0.25, 0.3) is 0 Å². The van der Waals surface area contributed by atoms with Crippen LogP contribution in [0.2, 0.25) is 0 Å². The molecule has 0 aromatic carbocycles. The summed E-state index contributed by atoms with van der Waals surface area (Å²) < 4.78 is 29.7. The number of hydrogen-bond acceptors (Lipinski definition) is 6. The van der Waals surface area contributed by atoms with Crippen molar-refractivity contribution in [3.05, 3.63) is 11.4 Å². The number of sulfone groups is 1. The number of halogens is 1. The molecule has 0 fully saturated rings. The van der Waals surface area contributed by atoms with Crippen molar-refractivity contribution < 1.29 is 17.9 Å². The molecule has 0 aliphatic carbocycles. The van der Waals surface area contributed by atoms with E-state index in [-0.39, 0.29) is 30.5 Å². The van der Waals surface area contributed by atoms with Gasteiger partial charge in [0.25, 0.3) is 0 Å². The Morgan fingerprint density at radius 1 is 1.45 bits per heavy atom. The van der Waals surface area contributed by atoms with Crippen LogP contribution >= 0.6 is 11.6 Å². The second kappa shape index (κ2) is 7.03. The van der Waals surface area contributed by atoms with Crippen LogP contribution in [0.1, 0.15) is 37.0 Å². The second-order valence-corrected chi connectivity index (χ2v) is 7.32. The fraction of sp³-hybridized carbons (Fsp3) is 0.727. The first-order valence-electron chi connectivity index (χ1n) is 6.20. The largest absolute Gasteiger partial charge is 0.461 e. The highest BCUT2D eigenvalue weighted by Gasteiger charge is 2.22. The second-order valence-electron chi connectivity index (χ2n) is 4.38. The number of aryl methyl sites for hydroxylation is 1. The summed E-state index contributed by atoms with van der Waals surface area (Å²) in [6.45, 7) is 5.23. The molecule has 0 aliphatic rings. The summed E-state index contributed by atoms with van der Waals surface area (Å²) in [6, 6.07) is 0. The van der Waals surface area contributed by atoms with Crippen LogP contribution in [0.4, 0.5) is 0 Å². The van der Waals surface area contributed by atoms with E-state index in [0.717, 1.165) is 0 Å². The standard InChI is InChI=1S/C11H18ClN3O4S/c1-4-19-11(16)10-9(7-12)15(14-13-10)5-6-20(17,18)8(2)3/h8H,4-7H2,1-3H3. The van der Waals surface area contributed by atoms with Crippen molar-refractivity contribution in [3.63, 3.8) is 0 Å². The van der Waals surface area contributed by atoms with E-state index in [4.69, 9.17) is 16.3 Å². The lowest BCUT2D eigenvalue weighted by Gasteiger charge is -2.08. The zero-order valence-corrected chi connectivity index (χ0v) is 13.2. The lowest BCUT2D eigenvalue weighted by molar-refractivity contribution is 0.0518. The maximum absolute atomic E-state index is 11.8. The Morgan fingerprint density at radius 3 is 2.60 bits per heavy atom. The van der Waals surface area contributed by atoms with Crippen molar-refractivity contribution >= 4 is 27.4 Å². The molecule has 20 heavy (non-hydrogen) atoms. The van der Waals surface area contributed by atoms with Gasteiger partial charge in [-0.1, -0.05) is 5.21 Å². The molecule has 0 amide bonds. The summed E-state index contributed by atoms with van der Waals surface area (Å²) in [4.78, 5) is 11.6. The van der Waals surface area contributed by atoms with Crippen molar-refractivity contribution in [1.29, 1.82) is 0 Å². The van der Waals surface area contributed by atoms with E-state index in [9.17, 15) is 13.2 Å². The average Bonchev–Trinajstić information content (AvgIpc) is 2.79. The first-order chi connectivity index (χ1) is 9.33. The molecule has 9 heteroatoms. The molecule has 1 rings (SSSR count). The van der Waals surface area contributed by atoms with Gasteiger partial charge in [-0.05, 0) is 20.8 Å². The summed E-state index contributed by atoms with van der Waals surface area (Å²) in [6.07, 6.45) is 0. The monoisotopic (exact) mass is 323 g/mol. The van der Waals surface area contributed by atoms with Crippen molar-refractivity contribution in [2.24, 2.45) is 0 Å². The van der Waals surface area contributed by atoms with Crippen LogP contribution in [0.3, 0.4) is 0 Å². The highest BCUT2D eigenvalue weighted by atomic mass is 35.5. The predicted octanol–water partition coefficient (Wildman–Crippen LogP) is 1.02. The molecule has 0 saturated carbocycles. The summed E-state index contributed by atoms with van der Waals surface area (Å²) >= 11 is 5.78. The highest BCUT2D eigenvalue weighted by molar-refractivity contribution is 7.91. The zero-order valence-electron chi connectivity index (χ0n) is 11.7. The van der Waals surface area contributed by atoms with Gasteiger partial charge in [0.2, 0.25) is 0 Å². The molecule has 1 aromatic heterocycles. The van der Waals surface area contributed by atoms with Gasteiger partial charge in [-0.2, -0.15) is 0 Å². The molecule has 0 aliphatic heterocycles. The topological polar surface area (TPSA) is 91.2 Å². The van der Waals surface area contributed by atoms with Crippen LogP contribution in [0.5, 0.6) is 0 Å². The molecule has 0 N–H and O–H groups in total. The van der Waals surface area contributed by atoms with Crippen molar-refractivity contribution in [1.82, 2.24) is 15.0 Å². The fourth-order valence-corrected chi connectivity index (χ4v) is 2.62. The number of nitrogens with zero attached hydrogens (tertiary/aromatic N) is 3. The van der Waals surface area contributed by atoms with Crippen molar-refractivity contribution in [3.8, 4) is 0 Å². The van der Waals surface area contributed by atoms with E-state index < -0.39 is 21.1 Å². The van der Waals surface area contributed by atoms with Gasteiger partial charge in [0.15, 0.2) is 15.5 Å². The molecule has 0 atom stereocenters. The summed E-state index contributed by atoms with van der Waals surface area (Å²) in [7, 11) is -3.19. The Balaban J connectivity index is 2.90. The number of hydrogen-bond donors (Lipinski definition) is 0. The zero-order chi connectivity index (χ0) is 15.3. The Kier molecular flexibility index (Phi) is 5.94. The molecular formula is C11H18ClN3O4S. The van der Waals surface area contributed by atoms with Crippen LogP contribution in [-0.2, 0) is 27.0 Å². The van der Waals surface area contributed by atoms with Crippen LogP contribution < -0.4 is 0 Å². The molecule has 0 radical (unpaired) electrons. The third-order valence-electron chi connectivity index (χ3n) is 2.74. The fourth-order valence-electron chi connectivity index (χ4n) is 1.45. The molecule has 7 nitrogen and oxygen atoms in total. The SMILES string of the molecule is CCOC(=O)c1nnn(CCS(=O)(=O)C(C)C)c1CCl. The molecule has 1 aromatic rings. The van der Waals surface area contributed by atoms with E-state index in [1.54, 1.807) is 20.8 Å². The van der Waals surface area contributed by atoms with Gasteiger partial charge in [-0.25, -0.2) is 17.9 Å². The average molecular weight is 324 g/mol. The lowest BCUT2D eigenvalue weighted by Crippen LogP contribution is -2.22. The number of ether oxygens (including phenoxy) is 1. The van der Waals surface area contributed by atoms with E-state index in [1.165, 1.54) is 4.68 Å². The number of rotatable bonds is 7. The maximum atomic E-state index is 11.8. The van der Waals surface area contributed by atoms with E-state index in [0.29, 0.717) is 5.69 Å². The molecule has 1 heterocycles. The van der Waals surface area contributed by atoms with Gasteiger partial charge in [0, 0.05) is 0 Å². The van der Waals surface area contributed by atoms with Crippen LogP contribution in [0.15, 0.2) is 0 Å². The minimum Gasteiger partial charge on any atom is -0.461 e.